The van der Waals surface area contributed by atoms with E-state index in [1.807, 2.05) is 19.1 Å². The minimum atomic E-state index is -0.445. The van der Waals surface area contributed by atoms with Crippen molar-refractivity contribution in [1.82, 2.24) is 0 Å². The molecule has 0 bridgehead atoms. The maximum atomic E-state index is 11.4. The molecule has 3 atom stereocenters. The van der Waals surface area contributed by atoms with Crippen molar-refractivity contribution < 1.29 is 14.6 Å². The van der Waals surface area contributed by atoms with Crippen LogP contribution in [0.25, 0.3) is 0 Å². The summed E-state index contributed by atoms with van der Waals surface area (Å²) in [7, 11) is 0. The fourth-order valence-corrected chi connectivity index (χ4v) is 2.86. The minimum absolute atomic E-state index is 0.189. The lowest BCUT2D eigenvalue weighted by atomic mass is 9.83. The minimum Gasteiger partial charge on any atom is -0.458 e. The van der Waals surface area contributed by atoms with Gasteiger partial charge in [-0.05, 0) is 45.1 Å². The Labute approximate surface area is 122 Å². The maximum Gasteiger partial charge on any atom is 0.303 e. The lowest BCUT2D eigenvalue weighted by Gasteiger charge is -2.29. The smallest absolute Gasteiger partial charge is 0.303 e. The molecular formula is C17H28O3. The first-order valence-electron chi connectivity index (χ1n) is 7.49. The van der Waals surface area contributed by atoms with Gasteiger partial charge in [0.05, 0.1) is 6.10 Å². The van der Waals surface area contributed by atoms with Gasteiger partial charge in [-0.15, -0.1) is 0 Å². The molecule has 20 heavy (non-hydrogen) atoms. The molecule has 0 heterocycles. The highest BCUT2D eigenvalue weighted by Crippen LogP contribution is 2.29. The van der Waals surface area contributed by atoms with Crippen LogP contribution < -0.4 is 0 Å². The van der Waals surface area contributed by atoms with E-state index in [4.69, 9.17) is 4.74 Å². The van der Waals surface area contributed by atoms with Gasteiger partial charge >= 0.3 is 5.97 Å². The molecule has 1 N–H and O–H groups in total. The monoisotopic (exact) mass is 280 g/mol. The molecule has 0 aromatic heterocycles. The average Bonchev–Trinajstić information content (AvgIpc) is 2.25. The number of aliphatic hydroxyl groups excluding tert-OH is 1. The second-order valence-electron chi connectivity index (χ2n) is 6.32. The Kier molecular flexibility index (Phi) is 6.47. The van der Waals surface area contributed by atoms with Crippen LogP contribution in [0.2, 0.25) is 0 Å². The molecule has 0 radical (unpaired) electrons. The summed E-state index contributed by atoms with van der Waals surface area (Å²) in [4.78, 5) is 11.4. The van der Waals surface area contributed by atoms with Gasteiger partial charge in [-0.3, -0.25) is 4.79 Å². The summed E-state index contributed by atoms with van der Waals surface area (Å²) in [6, 6.07) is 0. The van der Waals surface area contributed by atoms with E-state index in [2.05, 4.69) is 20.8 Å². The quantitative estimate of drug-likeness (QED) is 0.620. The lowest BCUT2D eigenvalue weighted by Crippen LogP contribution is -2.29. The summed E-state index contributed by atoms with van der Waals surface area (Å²) < 4.78 is 5.52. The van der Waals surface area contributed by atoms with Gasteiger partial charge in [0, 0.05) is 12.8 Å². The molecule has 0 fully saturated rings. The third kappa shape index (κ3) is 5.49. The largest absolute Gasteiger partial charge is 0.458 e. The number of carbonyl (C=O) groups is 1. The molecule has 1 aliphatic rings. The highest BCUT2D eigenvalue weighted by atomic mass is 16.5. The van der Waals surface area contributed by atoms with E-state index in [0.29, 0.717) is 18.3 Å². The zero-order valence-electron chi connectivity index (χ0n) is 13.3. The lowest BCUT2D eigenvalue weighted by molar-refractivity contribution is -0.147. The molecule has 1 aliphatic carbocycles. The van der Waals surface area contributed by atoms with Gasteiger partial charge in [0.25, 0.3) is 0 Å². The Morgan fingerprint density at radius 1 is 1.30 bits per heavy atom. The van der Waals surface area contributed by atoms with E-state index in [1.165, 1.54) is 12.5 Å². The summed E-state index contributed by atoms with van der Waals surface area (Å²) in [5.41, 5.74) is 2.28. The molecule has 1 rings (SSSR count). The molecule has 0 saturated heterocycles. The van der Waals surface area contributed by atoms with Gasteiger partial charge in [-0.1, -0.05) is 31.1 Å². The fraction of sp³-hybridized carbons (Fsp3) is 0.706. The number of esters is 1. The highest BCUT2D eigenvalue weighted by molar-refractivity contribution is 5.66. The molecule has 3 nitrogen and oxygen atoms in total. The standard InChI is InChI=1S/C17H28O3/c1-11(2)16-7-6-12(3)8-15(19)9-13(4)10-17(16)20-14(5)18/h8,10-11,15-17,19H,6-7,9H2,1-5H3/b12-8+,13-10+/t15-,16-,17-/m0/s1. The highest BCUT2D eigenvalue weighted by Gasteiger charge is 2.26. The third-order valence-corrected chi connectivity index (χ3v) is 3.91. The van der Waals surface area contributed by atoms with Crippen molar-refractivity contribution >= 4 is 5.97 Å². The number of rotatable bonds is 2. The van der Waals surface area contributed by atoms with E-state index in [-0.39, 0.29) is 12.1 Å². The molecule has 0 aromatic carbocycles. The zero-order valence-corrected chi connectivity index (χ0v) is 13.3. The van der Waals surface area contributed by atoms with Gasteiger partial charge < -0.3 is 9.84 Å². The molecule has 0 amide bonds. The van der Waals surface area contributed by atoms with Crippen LogP contribution in [-0.4, -0.2) is 23.3 Å². The van der Waals surface area contributed by atoms with Crippen molar-refractivity contribution in [2.45, 2.75) is 66.1 Å². The Morgan fingerprint density at radius 2 is 1.95 bits per heavy atom. The number of hydrogen-bond donors (Lipinski definition) is 1. The number of ether oxygens (including phenoxy) is 1. The zero-order chi connectivity index (χ0) is 15.3. The Hall–Kier alpha value is -1.09. The van der Waals surface area contributed by atoms with Crippen LogP contribution in [0.4, 0.5) is 0 Å². The number of hydrogen-bond acceptors (Lipinski definition) is 3. The first kappa shape index (κ1) is 17.0. The predicted molar refractivity (Wildman–Crippen MR) is 81.3 cm³/mol. The molecule has 0 aliphatic heterocycles. The van der Waals surface area contributed by atoms with Crippen molar-refractivity contribution in [1.29, 1.82) is 0 Å². The normalized spacial score (nSPS) is 33.9. The Morgan fingerprint density at radius 3 is 2.50 bits per heavy atom. The summed E-state index contributed by atoms with van der Waals surface area (Å²) in [6.07, 6.45) is 5.83. The van der Waals surface area contributed by atoms with Crippen molar-refractivity contribution in [3.05, 3.63) is 23.3 Å². The van der Waals surface area contributed by atoms with E-state index in [0.717, 1.165) is 18.4 Å². The first-order chi connectivity index (χ1) is 9.29. The van der Waals surface area contributed by atoms with Crippen LogP contribution in [0.15, 0.2) is 23.3 Å². The van der Waals surface area contributed by atoms with Crippen molar-refractivity contribution in [2.24, 2.45) is 11.8 Å². The van der Waals surface area contributed by atoms with E-state index in [1.54, 1.807) is 0 Å². The number of aliphatic hydroxyl groups is 1. The number of allylic oxidation sites excluding steroid dienone is 1. The van der Waals surface area contributed by atoms with Gasteiger partial charge in [0.1, 0.15) is 6.10 Å². The average molecular weight is 280 g/mol. The predicted octanol–water partition coefficient (Wildman–Crippen LogP) is 3.63. The Balaban J connectivity index is 3.04. The van der Waals surface area contributed by atoms with Gasteiger partial charge in [-0.25, -0.2) is 0 Å². The topological polar surface area (TPSA) is 46.5 Å². The fourth-order valence-electron chi connectivity index (χ4n) is 2.86. The number of carbonyl (C=O) groups excluding carboxylic acids is 1. The summed E-state index contributed by atoms with van der Waals surface area (Å²) >= 11 is 0. The van der Waals surface area contributed by atoms with Gasteiger partial charge in [-0.2, -0.15) is 0 Å². The molecule has 0 saturated carbocycles. The SMILES string of the molecule is CC(=O)O[C@H]1/C=C(\C)C[C@@H](O)/C=C(\C)CC[C@H]1C(C)C. The second kappa shape index (κ2) is 7.63. The third-order valence-electron chi connectivity index (χ3n) is 3.91. The van der Waals surface area contributed by atoms with E-state index < -0.39 is 6.10 Å². The molecule has 3 heteroatoms. The second-order valence-corrected chi connectivity index (χ2v) is 6.32. The summed E-state index contributed by atoms with van der Waals surface area (Å²) in [5.74, 6) is 0.516. The van der Waals surface area contributed by atoms with E-state index in [9.17, 15) is 9.90 Å². The Bertz CT molecular complexity index is 393. The molecule has 0 unspecified atom stereocenters. The van der Waals surface area contributed by atoms with Crippen LogP contribution in [0.3, 0.4) is 0 Å². The van der Waals surface area contributed by atoms with Crippen LogP contribution in [0.5, 0.6) is 0 Å². The van der Waals surface area contributed by atoms with Crippen molar-refractivity contribution in [3.8, 4) is 0 Å². The summed E-state index contributed by atoms with van der Waals surface area (Å²) in [6.45, 7) is 9.84. The molecule has 0 spiro atoms. The van der Waals surface area contributed by atoms with Gasteiger partial charge in [0.2, 0.25) is 0 Å². The van der Waals surface area contributed by atoms with Crippen molar-refractivity contribution in [3.63, 3.8) is 0 Å². The van der Waals surface area contributed by atoms with Gasteiger partial charge in [0.15, 0.2) is 0 Å². The van der Waals surface area contributed by atoms with Crippen LogP contribution in [-0.2, 0) is 9.53 Å². The van der Waals surface area contributed by atoms with Crippen LogP contribution in [0, 0.1) is 11.8 Å². The van der Waals surface area contributed by atoms with Crippen LogP contribution in [0.1, 0.15) is 53.9 Å². The van der Waals surface area contributed by atoms with Crippen molar-refractivity contribution in [2.75, 3.05) is 0 Å². The molecule has 0 aromatic rings. The summed E-state index contributed by atoms with van der Waals surface area (Å²) in [5, 5.41) is 9.99. The van der Waals surface area contributed by atoms with E-state index >= 15 is 0 Å². The van der Waals surface area contributed by atoms with Crippen LogP contribution >= 0.6 is 0 Å². The molecular weight excluding hydrogens is 252 g/mol. The first-order valence-corrected chi connectivity index (χ1v) is 7.49. The molecule has 114 valence electrons. The maximum absolute atomic E-state index is 11.4.